The summed E-state index contributed by atoms with van der Waals surface area (Å²) in [7, 11) is 0. The van der Waals surface area contributed by atoms with Crippen molar-refractivity contribution in [3.8, 4) is 0 Å². The minimum Gasteiger partial charge on any atom is -0.394 e. The summed E-state index contributed by atoms with van der Waals surface area (Å²) in [6.45, 7) is -0.240. The van der Waals surface area contributed by atoms with Gasteiger partial charge in [-0.2, -0.15) is 0 Å². The number of esters is 2. The molecule has 0 bridgehead atoms. The molecule has 0 aromatic rings. The van der Waals surface area contributed by atoms with Crippen molar-refractivity contribution < 1.29 is 44.7 Å². The first kappa shape index (κ1) is 19.6. The van der Waals surface area contributed by atoms with Crippen molar-refractivity contribution in [3.05, 3.63) is 0 Å². The number of carbonyl (C=O) groups is 3. The SMILES string of the molecule is CC(C(=O)CN)C(=O)OC(=O)[C@H](O)[C@@H](O)[C@H](O)[C@H](O)CO. The Balaban J connectivity index is 4.65. The molecular formula is C11H19NO9. The lowest BCUT2D eigenvalue weighted by Crippen LogP contribution is -2.49. The molecule has 0 fully saturated rings. The molecule has 0 saturated carbocycles. The molecule has 10 nitrogen and oxygen atoms in total. The van der Waals surface area contributed by atoms with Gasteiger partial charge in [-0.05, 0) is 6.92 Å². The maximum Gasteiger partial charge on any atom is 0.345 e. The largest absolute Gasteiger partial charge is 0.394 e. The first-order chi connectivity index (χ1) is 9.67. The Morgan fingerprint density at radius 1 is 1.05 bits per heavy atom. The van der Waals surface area contributed by atoms with Gasteiger partial charge in [0, 0.05) is 0 Å². The van der Waals surface area contributed by atoms with Gasteiger partial charge in [-0.25, -0.2) is 4.79 Å². The zero-order valence-corrected chi connectivity index (χ0v) is 11.2. The second kappa shape index (κ2) is 8.77. The fourth-order valence-electron chi connectivity index (χ4n) is 1.22. The van der Waals surface area contributed by atoms with Crippen LogP contribution in [-0.4, -0.2) is 80.8 Å². The quantitative estimate of drug-likeness (QED) is 0.189. The van der Waals surface area contributed by atoms with Gasteiger partial charge in [0.1, 0.15) is 24.2 Å². The first-order valence-corrected chi connectivity index (χ1v) is 5.98. The Morgan fingerprint density at radius 3 is 2.00 bits per heavy atom. The van der Waals surface area contributed by atoms with Gasteiger partial charge in [0.05, 0.1) is 13.2 Å². The smallest absolute Gasteiger partial charge is 0.345 e. The molecule has 1 unspecified atom stereocenters. The van der Waals surface area contributed by atoms with Crippen LogP contribution in [0.4, 0.5) is 0 Å². The van der Waals surface area contributed by atoms with Crippen molar-refractivity contribution in [2.45, 2.75) is 31.3 Å². The molecule has 0 aromatic carbocycles. The molecule has 0 heterocycles. The molecule has 7 N–H and O–H groups in total. The zero-order valence-electron chi connectivity index (χ0n) is 11.2. The minimum atomic E-state index is -2.36. The molecule has 0 rings (SSSR count). The van der Waals surface area contributed by atoms with Crippen molar-refractivity contribution in [1.82, 2.24) is 0 Å². The number of aliphatic hydroxyl groups excluding tert-OH is 5. The molecule has 0 aromatic heterocycles. The van der Waals surface area contributed by atoms with Crippen LogP contribution in [0.25, 0.3) is 0 Å². The van der Waals surface area contributed by atoms with E-state index in [0.717, 1.165) is 6.92 Å². The number of hydrogen-bond acceptors (Lipinski definition) is 10. The molecule has 0 spiro atoms. The molecule has 10 heteroatoms. The van der Waals surface area contributed by atoms with Crippen molar-refractivity contribution in [3.63, 3.8) is 0 Å². The van der Waals surface area contributed by atoms with Gasteiger partial charge in [-0.1, -0.05) is 0 Å². The van der Waals surface area contributed by atoms with Crippen LogP contribution in [0.1, 0.15) is 6.92 Å². The van der Waals surface area contributed by atoms with E-state index in [4.69, 9.17) is 15.9 Å². The van der Waals surface area contributed by atoms with Crippen LogP contribution < -0.4 is 5.73 Å². The van der Waals surface area contributed by atoms with Gasteiger partial charge in [0.15, 0.2) is 11.9 Å². The lowest BCUT2D eigenvalue weighted by molar-refractivity contribution is -0.178. The topological polar surface area (TPSA) is 188 Å². The summed E-state index contributed by atoms with van der Waals surface area (Å²) in [6.07, 6.45) is -8.41. The Kier molecular flexibility index (Phi) is 8.17. The molecule has 0 radical (unpaired) electrons. The number of rotatable bonds is 8. The summed E-state index contributed by atoms with van der Waals surface area (Å²) in [6, 6.07) is 0. The lowest BCUT2D eigenvalue weighted by Gasteiger charge is -2.24. The Labute approximate surface area is 119 Å². The molecule has 122 valence electrons. The van der Waals surface area contributed by atoms with Crippen LogP contribution in [0.5, 0.6) is 0 Å². The average molecular weight is 309 g/mol. The normalized spacial score (nSPS) is 18.2. The van der Waals surface area contributed by atoms with Crippen LogP contribution in [0, 0.1) is 5.92 Å². The number of carbonyl (C=O) groups excluding carboxylic acids is 3. The van der Waals surface area contributed by atoms with Crippen molar-refractivity contribution in [2.75, 3.05) is 13.2 Å². The summed E-state index contributed by atoms with van der Waals surface area (Å²) >= 11 is 0. The Hall–Kier alpha value is -1.43. The van der Waals surface area contributed by atoms with Crippen molar-refractivity contribution in [1.29, 1.82) is 0 Å². The number of ketones is 1. The molecule has 5 atom stereocenters. The van der Waals surface area contributed by atoms with Gasteiger partial charge < -0.3 is 36.0 Å². The van der Waals surface area contributed by atoms with Gasteiger partial charge in [-0.15, -0.1) is 0 Å². The molecule has 0 aliphatic rings. The van der Waals surface area contributed by atoms with E-state index < -0.39 is 61.2 Å². The van der Waals surface area contributed by atoms with Crippen LogP contribution in [-0.2, 0) is 19.1 Å². The predicted octanol–water partition coefficient (Wildman–Crippen LogP) is -4.34. The number of Topliss-reactive ketones (excluding diaryl/α,β-unsaturated/α-hetero) is 1. The van der Waals surface area contributed by atoms with Crippen molar-refractivity contribution >= 4 is 17.7 Å². The molecule has 0 amide bonds. The highest BCUT2D eigenvalue weighted by Crippen LogP contribution is 2.08. The maximum atomic E-state index is 11.4. The minimum absolute atomic E-state index is 0.447. The highest BCUT2D eigenvalue weighted by molar-refractivity contribution is 6.03. The van der Waals surface area contributed by atoms with E-state index in [0.29, 0.717) is 0 Å². The molecule has 0 saturated heterocycles. The second-order valence-electron chi connectivity index (χ2n) is 4.31. The van der Waals surface area contributed by atoms with Gasteiger partial charge in [0.25, 0.3) is 0 Å². The summed E-state index contributed by atoms with van der Waals surface area (Å²) < 4.78 is 4.16. The number of nitrogens with two attached hydrogens (primary N) is 1. The standard InChI is InChI=1S/C11H19NO9/c1-4(5(14)2-12)10(19)21-11(20)9(18)8(17)7(16)6(15)3-13/h4,6-9,13,15-18H,2-3,12H2,1H3/t4?,6-,7-,8+,9-/m1/s1. The summed E-state index contributed by atoms with van der Waals surface area (Å²) in [5.41, 5.74) is 5.02. The van der Waals surface area contributed by atoms with E-state index in [2.05, 4.69) is 4.74 Å². The lowest BCUT2D eigenvalue weighted by atomic mass is 10.0. The highest BCUT2D eigenvalue weighted by atomic mass is 16.6. The molecule has 0 aliphatic carbocycles. The zero-order chi connectivity index (χ0) is 16.7. The third-order valence-electron chi connectivity index (χ3n) is 2.74. The second-order valence-corrected chi connectivity index (χ2v) is 4.31. The summed E-state index contributed by atoms with van der Waals surface area (Å²) in [5, 5.41) is 45.7. The van der Waals surface area contributed by atoms with Crippen LogP contribution in [0.2, 0.25) is 0 Å². The third-order valence-corrected chi connectivity index (χ3v) is 2.74. The van der Waals surface area contributed by atoms with Crippen LogP contribution in [0.15, 0.2) is 0 Å². The van der Waals surface area contributed by atoms with E-state index >= 15 is 0 Å². The monoisotopic (exact) mass is 309 g/mol. The molecular weight excluding hydrogens is 290 g/mol. The summed E-state index contributed by atoms with van der Waals surface area (Å²) in [4.78, 5) is 33.9. The fourth-order valence-corrected chi connectivity index (χ4v) is 1.22. The maximum absolute atomic E-state index is 11.4. The average Bonchev–Trinajstić information content (AvgIpc) is 2.49. The summed E-state index contributed by atoms with van der Waals surface area (Å²) in [5.74, 6) is -4.93. The number of aliphatic hydroxyl groups is 5. The van der Waals surface area contributed by atoms with E-state index in [1.54, 1.807) is 0 Å². The first-order valence-electron chi connectivity index (χ1n) is 5.98. The van der Waals surface area contributed by atoms with Crippen LogP contribution in [0.3, 0.4) is 0 Å². The number of ether oxygens (including phenoxy) is 1. The predicted molar refractivity (Wildman–Crippen MR) is 65.4 cm³/mol. The van der Waals surface area contributed by atoms with E-state index in [-0.39, 0.29) is 0 Å². The number of hydrogen-bond donors (Lipinski definition) is 6. The van der Waals surface area contributed by atoms with Crippen molar-refractivity contribution in [2.24, 2.45) is 11.7 Å². The van der Waals surface area contributed by atoms with Gasteiger partial charge >= 0.3 is 11.9 Å². The van der Waals surface area contributed by atoms with E-state index in [9.17, 15) is 29.7 Å². The van der Waals surface area contributed by atoms with Crippen LogP contribution >= 0.6 is 0 Å². The highest BCUT2D eigenvalue weighted by Gasteiger charge is 2.37. The van der Waals surface area contributed by atoms with E-state index in [1.807, 2.05) is 0 Å². The molecule has 21 heavy (non-hydrogen) atoms. The van der Waals surface area contributed by atoms with Gasteiger partial charge in [0.2, 0.25) is 0 Å². The Bertz CT molecular complexity index is 386. The Morgan fingerprint density at radius 2 is 1.57 bits per heavy atom. The van der Waals surface area contributed by atoms with E-state index in [1.165, 1.54) is 0 Å². The van der Waals surface area contributed by atoms with Gasteiger partial charge in [-0.3, -0.25) is 9.59 Å². The fraction of sp³-hybridized carbons (Fsp3) is 0.727. The molecule has 0 aliphatic heterocycles. The third kappa shape index (κ3) is 5.46.